The van der Waals surface area contributed by atoms with Gasteiger partial charge in [-0.25, -0.2) is 4.79 Å². The Morgan fingerprint density at radius 2 is 1.87 bits per heavy atom. The highest BCUT2D eigenvalue weighted by atomic mass is 16.5. The predicted molar refractivity (Wildman–Crippen MR) is 85.7 cm³/mol. The third-order valence-corrected chi connectivity index (χ3v) is 3.46. The Balaban J connectivity index is 2.09. The molecule has 7 heteroatoms. The van der Waals surface area contributed by atoms with E-state index in [2.05, 4.69) is 20.4 Å². The van der Waals surface area contributed by atoms with E-state index in [4.69, 9.17) is 0 Å². The zero-order valence-corrected chi connectivity index (χ0v) is 13.2. The van der Waals surface area contributed by atoms with Crippen LogP contribution in [0.25, 0.3) is 10.9 Å². The van der Waals surface area contributed by atoms with Crippen molar-refractivity contribution in [3.8, 4) is 0 Å². The number of H-pyrrole nitrogens is 1. The number of amides is 2. The van der Waals surface area contributed by atoms with Gasteiger partial charge in [-0.15, -0.1) is 0 Å². The van der Waals surface area contributed by atoms with Crippen molar-refractivity contribution in [3.05, 3.63) is 30.5 Å². The summed E-state index contributed by atoms with van der Waals surface area (Å²) < 4.78 is 4.63. The number of rotatable bonds is 4. The SMILES string of the molecule is COC(=O)C(NC(=O)C(=O)Nc1cccc2[nH]ccc12)C(C)C. The zero-order valence-electron chi connectivity index (χ0n) is 13.2. The van der Waals surface area contributed by atoms with Crippen LogP contribution < -0.4 is 10.6 Å². The van der Waals surface area contributed by atoms with Crippen LogP contribution in [-0.4, -0.2) is 35.9 Å². The number of hydrogen-bond acceptors (Lipinski definition) is 4. The van der Waals surface area contributed by atoms with E-state index in [9.17, 15) is 14.4 Å². The smallest absolute Gasteiger partial charge is 0.328 e. The quantitative estimate of drug-likeness (QED) is 0.586. The molecule has 2 aromatic rings. The Bertz CT molecular complexity index is 736. The van der Waals surface area contributed by atoms with Crippen LogP contribution in [0, 0.1) is 5.92 Å². The van der Waals surface area contributed by atoms with Crippen molar-refractivity contribution in [1.82, 2.24) is 10.3 Å². The van der Waals surface area contributed by atoms with Gasteiger partial charge < -0.3 is 20.4 Å². The molecule has 1 unspecified atom stereocenters. The molecule has 0 aliphatic rings. The second kappa shape index (κ2) is 6.95. The Morgan fingerprint density at radius 3 is 2.52 bits per heavy atom. The minimum Gasteiger partial charge on any atom is -0.467 e. The number of anilines is 1. The molecule has 0 radical (unpaired) electrons. The number of aromatic nitrogens is 1. The first kappa shape index (κ1) is 16.5. The molecular weight excluding hydrogens is 298 g/mol. The summed E-state index contributed by atoms with van der Waals surface area (Å²) in [5.74, 6) is -2.52. The number of carbonyl (C=O) groups excluding carboxylic acids is 3. The fourth-order valence-corrected chi connectivity index (χ4v) is 2.20. The lowest BCUT2D eigenvalue weighted by atomic mass is 10.0. The molecule has 0 bridgehead atoms. The van der Waals surface area contributed by atoms with Crippen molar-refractivity contribution in [3.63, 3.8) is 0 Å². The maximum atomic E-state index is 12.1. The van der Waals surface area contributed by atoms with E-state index in [1.165, 1.54) is 7.11 Å². The molecule has 0 aliphatic carbocycles. The van der Waals surface area contributed by atoms with Crippen LogP contribution in [-0.2, 0) is 19.1 Å². The molecule has 3 N–H and O–H groups in total. The number of nitrogens with one attached hydrogen (secondary N) is 3. The summed E-state index contributed by atoms with van der Waals surface area (Å²) in [5, 5.41) is 5.74. The first-order valence-electron chi connectivity index (χ1n) is 7.19. The number of fused-ring (bicyclic) bond motifs is 1. The first-order valence-corrected chi connectivity index (χ1v) is 7.19. The van der Waals surface area contributed by atoms with Gasteiger partial charge in [0.1, 0.15) is 6.04 Å². The lowest BCUT2D eigenvalue weighted by Gasteiger charge is -2.19. The topological polar surface area (TPSA) is 100 Å². The Kier molecular flexibility index (Phi) is 5.00. The molecule has 1 aromatic heterocycles. The van der Waals surface area contributed by atoms with Crippen LogP contribution in [0.3, 0.4) is 0 Å². The Labute approximate surface area is 133 Å². The number of ether oxygens (including phenoxy) is 1. The molecular formula is C16H19N3O4. The highest BCUT2D eigenvalue weighted by molar-refractivity contribution is 6.40. The van der Waals surface area contributed by atoms with Gasteiger partial charge in [-0.2, -0.15) is 0 Å². The molecule has 23 heavy (non-hydrogen) atoms. The lowest BCUT2D eigenvalue weighted by molar-refractivity contribution is -0.147. The molecule has 0 saturated carbocycles. The van der Waals surface area contributed by atoms with E-state index in [0.717, 1.165) is 10.9 Å². The predicted octanol–water partition coefficient (Wildman–Crippen LogP) is 1.42. The minimum atomic E-state index is -0.887. The van der Waals surface area contributed by atoms with Crippen LogP contribution in [0.4, 0.5) is 5.69 Å². The van der Waals surface area contributed by atoms with Gasteiger partial charge in [-0.1, -0.05) is 19.9 Å². The zero-order chi connectivity index (χ0) is 17.0. The van der Waals surface area contributed by atoms with Crippen molar-refractivity contribution in [2.24, 2.45) is 5.92 Å². The molecule has 7 nitrogen and oxygen atoms in total. The largest absolute Gasteiger partial charge is 0.467 e. The first-order chi connectivity index (χ1) is 10.9. The van der Waals surface area contributed by atoms with Crippen LogP contribution >= 0.6 is 0 Å². The van der Waals surface area contributed by atoms with Gasteiger partial charge in [0.05, 0.1) is 12.8 Å². The molecule has 1 aromatic carbocycles. The minimum absolute atomic E-state index is 0.202. The van der Waals surface area contributed by atoms with Gasteiger partial charge in [0.15, 0.2) is 0 Å². The van der Waals surface area contributed by atoms with Gasteiger partial charge in [-0.3, -0.25) is 9.59 Å². The molecule has 0 saturated heterocycles. The maximum Gasteiger partial charge on any atom is 0.328 e. The molecule has 0 spiro atoms. The van der Waals surface area contributed by atoms with Gasteiger partial charge in [0.25, 0.3) is 0 Å². The van der Waals surface area contributed by atoms with Crippen LogP contribution in [0.15, 0.2) is 30.5 Å². The fourth-order valence-electron chi connectivity index (χ4n) is 2.20. The summed E-state index contributed by atoms with van der Waals surface area (Å²) in [5.41, 5.74) is 1.36. The highest BCUT2D eigenvalue weighted by Gasteiger charge is 2.27. The molecule has 1 atom stereocenters. The standard InChI is InChI=1S/C16H19N3O4/c1-9(2)13(16(22)23-3)19-15(21)14(20)18-12-6-4-5-11-10(12)7-8-17-11/h4-9,13,17H,1-3H3,(H,18,20)(H,19,21). The molecule has 122 valence electrons. The van der Waals surface area contributed by atoms with Gasteiger partial charge >= 0.3 is 17.8 Å². The van der Waals surface area contributed by atoms with E-state index in [-0.39, 0.29) is 5.92 Å². The Morgan fingerprint density at radius 1 is 1.13 bits per heavy atom. The van der Waals surface area contributed by atoms with Crippen molar-refractivity contribution < 1.29 is 19.1 Å². The number of carbonyl (C=O) groups is 3. The lowest BCUT2D eigenvalue weighted by Crippen LogP contribution is -2.48. The summed E-state index contributed by atoms with van der Waals surface area (Å²) in [6.07, 6.45) is 1.74. The van der Waals surface area contributed by atoms with Gasteiger partial charge in [0.2, 0.25) is 0 Å². The van der Waals surface area contributed by atoms with Crippen molar-refractivity contribution >= 4 is 34.4 Å². The van der Waals surface area contributed by atoms with E-state index < -0.39 is 23.8 Å². The molecule has 0 fully saturated rings. The summed E-state index contributed by atoms with van der Waals surface area (Å²) in [6, 6.07) is 6.24. The van der Waals surface area contributed by atoms with Crippen molar-refractivity contribution in [2.75, 3.05) is 12.4 Å². The van der Waals surface area contributed by atoms with E-state index in [1.807, 2.05) is 6.07 Å². The summed E-state index contributed by atoms with van der Waals surface area (Å²) in [4.78, 5) is 38.7. The molecule has 0 aliphatic heterocycles. The van der Waals surface area contributed by atoms with E-state index in [1.54, 1.807) is 38.2 Å². The van der Waals surface area contributed by atoms with Crippen molar-refractivity contribution in [1.29, 1.82) is 0 Å². The third-order valence-electron chi connectivity index (χ3n) is 3.46. The maximum absolute atomic E-state index is 12.1. The summed E-state index contributed by atoms with van der Waals surface area (Å²) >= 11 is 0. The number of hydrogen-bond donors (Lipinski definition) is 3. The summed E-state index contributed by atoms with van der Waals surface area (Å²) in [7, 11) is 1.23. The van der Waals surface area contributed by atoms with Gasteiger partial charge in [0, 0.05) is 17.1 Å². The number of methoxy groups -OCH3 is 1. The molecule has 2 amide bonds. The van der Waals surface area contributed by atoms with Gasteiger partial charge in [-0.05, 0) is 24.1 Å². The number of esters is 1. The Hall–Kier alpha value is -2.83. The monoisotopic (exact) mass is 317 g/mol. The average Bonchev–Trinajstić information content (AvgIpc) is 3.00. The molecule has 1 heterocycles. The summed E-state index contributed by atoms with van der Waals surface area (Å²) in [6.45, 7) is 3.50. The number of benzene rings is 1. The van der Waals surface area contributed by atoms with E-state index >= 15 is 0 Å². The second-order valence-corrected chi connectivity index (χ2v) is 5.42. The third kappa shape index (κ3) is 3.68. The molecule has 2 rings (SSSR count). The van der Waals surface area contributed by atoms with Crippen LogP contribution in [0.2, 0.25) is 0 Å². The normalized spacial score (nSPS) is 12.0. The second-order valence-electron chi connectivity index (χ2n) is 5.42. The number of aromatic amines is 1. The highest BCUT2D eigenvalue weighted by Crippen LogP contribution is 2.21. The van der Waals surface area contributed by atoms with Crippen LogP contribution in [0.5, 0.6) is 0 Å². The van der Waals surface area contributed by atoms with E-state index in [0.29, 0.717) is 5.69 Å². The van der Waals surface area contributed by atoms with Crippen molar-refractivity contribution in [2.45, 2.75) is 19.9 Å². The van der Waals surface area contributed by atoms with Crippen LogP contribution in [0.1, 0.15) is 13.8 Å². The average molecular weight is 317 g/mol. The fraction of sp³-hybridized carbons (Fsp3) is 0.312.